The lowest BCUT2D eigenvalue weighted by Gasteiger charge is -2.17. The Balaban J connectivity index is 2.44. The fraction of sp³-hybridized carbons (Fsp3) is 0.312. The lowest BCUT2D eigenvalue weighted by Crippen LogP contribution is -2.30. The van der Waals surface area contributed by atoms with E-state index in [-0.39, 0.29) is 6.04 Å². The molecular weight excluding hydrogens is 266 g/mol. The smallest absolute Gasteiger partial charge is 0.0441 e. The fourth-order valence-corrected chi connectivity index (χ4v) is 1.83. The van der Waals surface area contributed by atoms with Crippen molar-refractivity contribution in [2.75, 3.05) is 0 Å². The standard InChI is InChI=1S/C16H23N3S/c1-11(20)4-9-16(18)13(3)19-10-14-5-7-15(8-6-14)12(2)17/h5-8,16,19H,2-4,9-10,17-18H2,1H3. The summed E-state index contributed by atoms with van der Waals surface area (Å²) in [6, 6.07) is 7.87. The molecule has 0 aliphatic rings. The van der Waals surface area contributed by atoms with E-state index in [0.717, 1.165) is 34.5 Å². The van der Waals surface area contributed by atoms with E-state index in [9.17, 15) is 0 Å². The molecule has 0 spiro atoms. The molecule has 0 fully saturated rings. The highest BCUT2D eigenvalue weighted by Crippen LogP contribution is 2.10. The summed E-state index contributed by atoms with van der Waals surface area (Å²) in [5, 5.41) is 3.25. The van der Waals surface area contributed by atoms with Crippen LogP contribution in [-0.4, -0.2) is 10.9 Å². The van der Waals surface area contributed by atoms with Gasteiger partial charge in [-0.15, -0.1) is 0 Å². The summed E-state index contributed by atoms with van der Waals surface area (Å²) in [6.07, 6.45) is 1.68. The van der Waals surface area contributed by atoms with Gasteiger partial charge in [0.05, 0.1) is 0 Å². The minimum absolute atomic E-state index is 0.0732. The van der Waals surface area contributed by atoms with Gasteiger partial charge in [0.2, 0.25) is 0 Å². The van der Waals surface area contributed by atoms with Gasteiger partial charge in [-0.3, -0.25) is 0 Å². The zero-order valence-corrected chi connectivity index (χ0v) is 12.8. The lowest BCUT2D eigenvalue weighted by molar-refractivity contribution is 0.640. The van der Waals surface area contributed by atoms with Crippen molar-refractivity contribution < 1.29 is 0 Å². The minimum Gasteiger partial charge on any atom is -0.399 e. The zero-order chi connectivity index (χ0) is 15.1. The van der Waals surface area contributed by atoms with Crippen LogP contribution >= 0.6 is 12.2 Å². The van der Waals surface area contributed by atoms with Gasteiger partial charge in [0.25, 0.3) is 0 Å². The van der Waals surface area contributed by atoms with Gasteiger partial charge in [-0.25, -0.2) is 0 Å². The van der Waals surface area contributed by atoms with Crippen LogP contribution < -0.4 is 16.8 Å². The number of hydrogen-bond donors (Lipinski definition) is 3. The monoisotopic (exact) mass is 289 g/mol. The van der Waals surface area contributed by atoms with E-state index < -0.39 is 0 Å². The van der Waals surface area contributed by atoms with Gasteiger partial charge in [0.15, 0.2) is 0 Å². The molecule has 1 rings (SSSR count). The molecule has 1 aromatic rings. The third-order valence-electron chi connectivity index (χ3n) is 3.10. The second kappa shape index (κ2) is 7.82. The summed E-state index contributed by atoms with van der Waals surface area (Å²) >= 11 is 5.05. The topological polar surface area (TPSA) is 64.1 Å². The summed E-state index contributed by atoms with van der Waals surface area (Å²) < 4.78 is 0. The second-order valence-electron chi connectivity index (χ2n) is 4.95. The Morgan fingerprint density at radius 1 is 1.30 bits per heavy atom. The van der Waals surface area contributed by atoms with Crippen LogP contribution in [0.15, 0.2) is 43.1 Å². The summed E-state index contributed by atoms with van der Waals surface area (Å²) in [5.41, 5.74) is 15.2. The molecule has 5 N–H and O–H groups in total. The fourth-order valence-electron chi connectivity index (χ4n) is 1.72. The molecule has 0 aliphatic carbocycles. The Hall–Kier alpha value is -1.65. The molecule has 0 aliphatic heterocycles. The van der Waals surface area contributed by atoms with E-state index in [4.69, 9.17) is 23.7 Å². The molecule has 3 nitrogen and oxygen atoms in total. The average Bonchev–Trinajstić information content (AvgIpc) is 2.42. The first-order valence-corrected chi connectivity index (χ1v) is 7.02. The number of rotatable bonds is 8. The van der Waals surface area contributed by atoms with Gasteiger partial charge >= 0.3 is 0 Å². The maximum Gasteiger partial charge on any atom is 0.0441 e. The van der Waals surface area contributed by atoms with Gasteiger partial charge in [-0.2, -0.15) is 0 Å². The molecule has 108 valence electrons. The molecule has 1 unspecified atom stereocenters. The predicted octanol–water partition coefficient (Wildman–Crippen LogP) is 2.72. The highest BCUT2D eigenvalue weighted by Gasteiger charge is 2.07. The predicted molar refractivity (Wildman–Crippen MR) is 91.1 cm³/mol. The first-order chi connectivity index (χ1) is 9.40. The molecular formula is C16H23N3S. The van der Waals surface area contributed by atoms with Gasteiger partial charge in [0.1, 0.15) is 0 Å². The Kier molecular flexibility index (Phi) is 6.42. The van der Waals surface area contributed by atoms with Crippen LogP contribution in [0, 0.1) is 0 Å². The van der Waals surface area contributed by atoms with Gasteiger partial charge < -0.3 is 16.8 Å². The highest BCUT2D eigenvalue weighted by molar-refractivity contribution is 7.80. The van der Waals surface area contributed by atoms with E-state index in [2.05, 4.69) is 18.5 Å². The van der Waals surface area contributed by atoms with Gasteiger partial charge in [-0.1, -0.05) is 49.6 Å². The number of nitrogens with two attached hydrogens (primary N) is 2. The van der Waals surface area contributed by atoms with Crippen LogP contribution in [0.2, 0.25) is 0 Å². The normalized spacial score (nSPS) is 11.7. The maximum absolute atomic E-state index is 6.04. The molecule has 0 radical (unpaired) electrons. The third kappa shape index (κ3) is 5.55. The molecule has 0 bridgehead atoms. The lowest BCUT2D eigenvalue weighted by atomic mass is 10.1. The summed E-state index contributed by atoms with van der Waals surface area (Å²) in [5.74, 6) is 0. The van der Waals surface area contributed by atoms with Crippen LogP contribution in [0.4, 0.5) is 0 Å². The van der Waals surface area contributed by atoms with Crippen LogP contribution in [0.5, 0.6) is 0 Å². The SMILES string of the molecule is C=C(N)c1ccc(CNC(=C)C(N)CCC(C)=S)cc1. The van der Waals surface area contributed by atoms with Crippen molar-refractivity contribution in [3.63, 3.8) is 0 Å². The Bertz CT molecular complexity index is 491. The molecule has 0 saturated heterocycles. The third-order valence-corrected chi connectivity index (χ3v) is 3.30. The minimum atomic E-state index is -0.0732. The van der Waals surface area contributed by atoms with Crippen molar-refractivity contribution in [2.24, 2.45) is 11.5 Å². The Morgan fingerprint density at radius 3 is 2.40 bits per heavy atom. The Morgan fingerprint density at radius 2 is 1.90 bits per heavy atom. The second-order valence-corrected chi connectivity index (χ2v) is 5.65. The number of thiocarbonyl (C=S) groups is 1. The van der Waals surface area contributed by atoms with Gasteiger partial charge in [-0.05, 0) is 35.8 Å². The largest absolute Gasteiger partial charge is 0.399 e. The maximum atomic E-state index is 6.04. The molecule has 0 aromatic heterocycles. The Labute approximate surface area is 126 Å². The van der Waals surface area contributed by atoms with Crippen molar-refractivity contribution in [1.29, 1.82) is 0 Å². The average molecular weight is 289 g/mol. The highest BCUT2D eigenvalue weighted by atomic mass is 32.1. The molecule has 0 heterocycles. The van der Waals surface area contributed by atoms with E-state index >= 15 is 0 Å². The number of hydrogen-bond acceptors (Lipinski definition) is 4. The molecule has 20 heavy (non-hydrogen) atoms. The van der Waals surface area contributed by atoms with Gasteiger partial charge in [0, 0.05) is 24.0 Å². The van der Waals surface area contributed by atoms with Crippen LogP contribution in [0.25, 0.3) is 5.70 Å². The molecule has 4 heteroatoms. The summed E-state index contributed by atoms with van der Waals surface area (Å²) in [6.45, 7) is 10.3. The van der Waals surface area contributed by atoms with Crippen LogP contribution in [-0.2, 0) is 6.54 Å². The number of benzene rings is 1. The van der Waals surface area contributed by atoms with E-state index in [1.165, 1.54) is 0 Å². The molecule has 0 amide bonds. The summed E-state index contributed by atoms with van der Waals surface area (Å²) in [7, 11) is 0. The van der Waals surface area contributed by atoms with Crippen LogP contribution in [0.3, 0.4) is 0 Å². The molecule has 1 atom stereocenters. The molecule has 1 aromatic carbocycles. The first-order valence-electron chi connectivity index (χ1n) is 6.61. The van der Waals surface area contributed by atoms with Crippen molar-refractivity contribution in [3.8, 4) is 0 Å². The van der Waals surface area contributed by atoms with E-state index in [1.54, 1.807) is 0 Å². The zero-order valence-electron chi connectivity index (χ0n) is 12.0. The van der Waals surface area contributed by atoms with Crippen molar-refractivity contribution in [1.82, 2.24) is 5.32 Å². The number of nitrogens with one attached hydrogen (secondary N) is 1. The quantitative estimate of drug-likeness (QED) is 0.644. The van der Waals surface area contributed by atoms with Crippen LogP contribution in [0.1, 0.15) is 30.9 Å². The van der Waals surface area contributed by atoms with E-state index in [0.29, 0.717) is 12.2 Å². The van der Waals surface area contributed by atoms with Crippen molar-refractivity contribution in [3.05, 3.63) is 54.2 Å². The molecule has 0 saturated carbocycles. The first kappa shape index (κ1) is 16.4. The van der Waals surface area contributed by atoms with E-state index in [1.807, 2.05) is 31.2 Å². The van der Waals surface area contributed by atoms with Crippen molar-refractivity contribution >= 4 is 22.8 Å². The summed E-state index contributed by atoms with van der Waals surface area (Å²) in [4.78, 5) is 0.978. The van der Waals surface area contributed by atoms with Crippen molar-refractivity contribution in [2.45, 2.75) is 32.4 Å².